The minimum Gasteiger partial charge on any atom is -0.497 e. The molecule has 2 aliphatic rings. The minimum atomic E-state index is 0.317. The van der Waals surface area contributed by atoms with Gasteiger partial charge in [0.15, 0.2) is 5.78 Å². The molecule has 0 amide bonds. The molecule has 2 aromatic rings. The van der Waals surface area contributed by atoms with Crippen molar-refractivity contribution in [2.45, 2.75) is 25.8 Å². The van der Waals surface area contributed by atoms with Crippen LogP contribution in [0.25, 0.3) is 0 Å². The second kappa shape index (κ2) is 7.54. The van der Waals surface area contributed by atoms with Crippen molar-refractivity contribution in [3.63, 3.8) is 0 Å². The van der Waals surface area contributed by atoms with E-state index in [1.165, 1.54) is 11.4 Å². The molecular weight excluding hydrogens is 326 g/mol. The maximum absolute atomic E-state index is 12.0. The smallest absolute Gasteiger partial charge is 0.164 e. The molecule has 5 heteroatoms. The molecule has 0 bridgehead atoms. The SMILES string of the molecule is COc1cccc(N2CCN(CCn3ccc4c3CCCC4=O)CC2)c1. The third-order valence-electron chi connectivity index (χ3n) is 5.64. The molecule has 26 heavy (non-hydrogen) atoms. The third-order valence-corrected chi connectivity index (χ3v) is 5.64. The van der Waals surface area contributed by atoms with Crippen LogP contribution in [0.4, 0.5) is 5.69 Å². The van der Waals surface area contributed by atoms with Crippen molar-refractivity contribution in [3.8, 4) is 5.75 Å². The third kappa shape index (κ3) is 3.49. The number of piperazine rings is 1. The van der Waals surface area contributed by atoms with Gasteiger partial charge in [0.25, 0.3) is 0 Å². The molecule has 0 atom stereocenters. The fraction of sp³-hybridized carbons (Fsp3) is 0.476. The number of hydrogen-bond donors (Lipinski definition) is 0. The van der Waals surface area contributed by atoms with Gasteiger partial charge in [-0.1, -0.05) is 6.07 Å². The van der Waals surface area contributed by atoms with Crippen molar-refractivity contribution in [3.05, 3.63) is 47.8 Å². The molecule has 2 heterocycles. The van der Waals surface area contributed by atoms with Gasteiger partial charge in [-0.3, -0.25) is 9.69 Å². The summed E-state index contributed by atoms with van der Waals surface area (Å²) in [6, 6.07) is 10.3. The maximum Gasteiger partial charge on any atom is 0.164 e. The summed E-state index contributed by atoms with van der Waals surface area (Å²) < 4.78 is 7.63. The summed E-state index contributed by atoms with van der Waals surface area (Å²) in [4.78, 5) is 16.9. The van der Waals surface area contributed by atoms with Crippen LogP contribution in [0.5, 0.6) is 5.75 Å². The van der Waals surface area contributed by atoms with Crippen LogP contribution in [0.2, 0.25) is 0 Å². The number of carbonyl (C=O) groups excluding carboxylic acids is 1. The molecule has 4 rings (SSSR count). The molecule has 0 unspecified atom stereocenters. The van der Waals surface area contributed by atoms with Crippen LogP contribution in [0, 0.1) is 0 Å². The van der Waals surface area contributed by atoms with Crippen LogP contribution in [0.3, 0.4) is 0 Å². The number of ether oxygens (including phenoxy) is 1. The molecule has 1 aromatic carbocycles. The van der Waals surface area contributed by atoms with Gasteiger partial charge in [0.1, 0.15) is 5.75 Å². The predicted octanol–water partition coefficient (Wildman–Crippen LogP) is 2.84. The lowest BCUT2D eigenvalue weighted by molar-refractivity contribution is 0.0971. The van der Waals surface area contributed by atoms with Crippen molar-refractivity contribution in [2.24, 2.45) is 0 Å². The first-order valence-corrected chi connectivity index (χ1v) is 9.57. The van der Waals surface area contributed by atoms with Gasteiger partial charge in [0.2, 0.25) is 0 Å². The van der Waals surface area contributed by atoms with E-state index in [1.807, 2.05) is 12.1 Å². The molecule has 1 aliphatic carbocycles. The highest BCUT2D eigenvalue weighted by Crippen LogP contribution is 2.23. The van der Waals surface area contributed by atoms with E-state index in [-0.39, 0.29) is 0 Å². The first-order chi connectivity index (χ1) is 12.7. The van der Waals surface area contributed by atoms with E-state index in [0.717, 1.165) is 63.4 Å². The molecule has 1 saturated heterocycles. The van der Waals surface area contributed by atoms with Crippen molar-refractivity contribution in [1.82, 2.24) is 9.47 Å². The molecule has 0 N–H and O–H groups in total. The Labute approximate surface area is 155 Å². The summed E-state index contributed by atoms with van der Waals surface area (Å²) in [5.41, 5.74) is 3.44. The van der Waals surface area contributed by atoms with Gasteiger partial charge >= 0.3 is 0 Å². The minimum absolute atomic E-state index is 0.317. The zero-order valence-corrected chi connectivity index (χ0v) is 15.5. The van der Waals surface area contributed by atoms with Crippen molar-refractivity contribution < 1.29 is 9.53 Å². The van der Waals surface area contributed by atoms with Gasteiger partial charge in [0, 0.05) is 74.9 Å². The average molecular weight is 353 g/mol. The van der Waals surface area contributed by atoms with Gasteiger partial charge < -0.3 is 14.2 Å². The zero-order valence-electron chi connectivity index (χ0n) is 15.5. The molecular formula is C21H27N3O2. The van der Waals surface area contributed by atoms with Crippen LogP contribution in [0.15, 0.2) is 36.5 Å². The van der Waals surface area contributed by atoms with E-state index in [4.69, 9.17) is 4.74 Å². The van der Waals surface area contributed by atoms with Crippen LogP contribution < -0.4 is 9.64 Å². The standard InChI is InChI=1S/C21H27N3O2/c1-26-18-5-2-4-17(16-18)23-13-10-22(11-14-23)12-15-24-9-8-19-20(24)6-3-7-21(19)25/h2,4-5,8-9,16H,3,6-7,10-15H2,1H3. The molecule has 1 aliphatic heterocycles. The van der Waals surface area contributed by atoms with E-state index >= 15 is 0 Å². The van der Waals surface area contributed by atoms with Gasteiger partial charge in [-0.15, -0.1) is 0 Å². The van der Waals surface area contributed by atoms with Crippen molar-refractivity contribution >= 4 is 11.5 Å². The summed E-state index contributed by atoms with van der Waals surface area (Å²) in [5.74, 6) is 1.23. The number of benzene rings is 1. The van der Waals surface area contributed by atoms with Gasteiger partial charge in [-0.25, -0.2) is 0 Å². The number of methoxy groups -OCH3 is 1. The lowest BCUT2D eigenvalue weighted by Crippen LogP contribution is -2.47. The molecule has 0 radical (unpaired) electrons. The first kappa shape index (κ1) is 17.2. The molecule has 0 saturated carbocycles. The molecule has 1 aromatic heterocycles. The van der Waals surface area contributed by atoms with E-state index in [9.17, 15) is 4.79 Å². The van der Waals surface area contributed by atoms with Crippen LogP contribution in [-0.2, 0) is 13.0 Å². The topological polar surface area (TPSA) is 37.7 Å². The predicted molar refractivity (Wildman–Crippen MR) is 103 cm³/mol. The number of fused-ring (bicyclic) bond motifs is 1. The van der Waals surface area contributed by atoms with Crippen molar-refractivity contribution in [2.75, 3.05) is 44.7 Å². The fourth-order valence-corrected chi connectivity index (χ4v) is 4.08. The number of rotatable bonds is 5. The second-order valence-electron chi connectivity index (χ2n) is 7.18. The Morgan fingerprint density at radius 3 is 2.69 bits per heavy atom. The highest BCUT2D eigenvalue weighted by molar-refractivity contribution is 5.98. The number of Topliss-reactive ketones (excluding diaryl/α,β-unsaturated/α-hetero) is 1. The Bertz CT molecular complexity index is 775. The highest BCUT2D eigenvalue weighted by atomic mass is 16.5. The first-order valence-electron chi connectivity index (χ1n) is 9.57. The summed E-state index contributed by atoms with van der Waals surface area (Å²) in [7, 11) is 1.71. The molecule has 5 nitrogen and oxygen atoms in total. The van der Waals surface area contributed by atoms with Crippen LogP contribution in [0.1, 0.15) is 28.9 Å². The Morgan fingerprint density at radius 1 is 1.04 bits per heavy atom. The Morgan fingerprint density at radius 2 is 1.88 bits per heavy atom. The lowest BCUT2D eigenvalue weighted by Gasteiger charge is -2.36. The normalized spacial score (nSPS) is 18.0. The number of ketones is 1. The number of nitrogens with zero attached hydrogens (tertiary/aromatic N) is 3. The Hall–Kier alpha value is -2.27. The number of anilines is 1. The summed E-state index contributed by atoms with van der Waals surface area (Å²) in [6.45, 7) is 6.23. The number of carbonyl (C=O) groups is 1. The highest BCUT2D eigenvalue weighted by Gasteiger charge is 2.21. The molecule has 1 fully saturated rings. The monoisotopic (exact) mass is 353 g/mol. The molecule has 138 valence electrons. The van der Waals surface area contributed by atoms with E-state index in [0.29, 0.717) is 12.2 Å². The Balaban J connectivity index is 1.31. The quantitative estimate of drug-likeness (QED) is 0.828. The zero-order chi connectivity index (χ0) is 17.9. The number of hydrogen-bond acceptors (Lipinski definition) is 4. The average Bonchev–Trinajstić information content (AvgIpc) is 3.11. The maximum atomic E-state index is 12.0. The second-order valence-corrected chi connectivity index (χ2v) is 7.18. The van der Waals surface area contributed by atoms with Gasteiger partial charge in [-0.05, 0) is 31.0 Å². The Kier molecular flexibility index (Phi) is 4.98. The lowest BCUT2D eigenvalue weighted by atomic mass is 9.97. The fourth-order valence-electron chi connectivity index (χ4n) is 4.08. The van der Waals surface area contributed by atoms with E-state index in [1.54, 1.807) is 7.11 Å². The number of aromatic nitrogens is 1. The van der Waals surface area contributed by atoms with Gasteiger partial charge in [-0.2, -0.15) is 0 Å². The van der Waals surface area contributed by atoms with Crippen LogP contribution >= 0.6 is 0 Å². The summed E-state index contributed by atoms with van der Waals surface area (Å²) >= 11 is 0. The van der Waals surface area contributed by atoms with Gasteiger partial charge in [0.05, 0.1) is 7.11 Å². The van der Waals surface area contributed by atoms with E-state index < -0.39 is 0 Å². The molecule has 0 spiro atoms. The van der Waals surface area contributed by atoms with Crippen LogP contribution in [-0.4, -0.2) is 55.1 Å². The summed E-state index contributed by atoms with van der Waals surface area (Å²) in [5, 5.41) is 0. The summed E-state index contributed by atoms with van der Waals surface area (Å²) in [6.07, 6.45) is 4.84. The van der Waals surface area contributed by atoms with E-state index in [2.05, 4.69) is 38.8 Å². The van der Waals surface area contributed by atoms with Crippen molar-refractivity contribution in [1.29, 1.82) is 0 Å². The largest absolute Gasteiger partial charge is 0.497 e.